The predicted molar refractivity (Wildman–Crippen MR) is 68.7 cm³/mol. The van der Waals surface area contributed by atoms with Crippen LogP contribution < -0.4 is 11.1 Å². The summed E-state index contributed by atoms with van der Waals surface area (Å²) in [7, 11) is 0. The molecule has 1 aromatic rings. The molecule has 1 aliphatic rings. The molecule has 1 saturated heterocycles. The molecule has 2 atom stereocenters. The molecular formula is C12H15ClN2O3. The number of hydrogen-bond acceptors (Lipinski definition) is 4. The summed E-state index contributed by atoms with van der Waals surface area (Å²) in [6, 6.07) is 4.49. The number of amides is 1. The third kappa shape index (κ3) is 2.93. The van der Waals surface area contributed by atoms with Gasteiger partial charge in [0.05, 0.1) is 11.1 Å². The molecular weight excluding hydrogens is 256 g/mol. The lowest BCUT2D eigenvalue weighted by molar-refractivity contribution is -0.126. The topological polar surface area (TPSA) is 84.6 Å². The summed E-state index contributed by atoms with van der Waals surface area (Å²) in [6.45, 7) is 0.425. The Morgan fingerprint density at radius 3 is 2.94 bits per heavy atom. The molecule has 0 spiro atoms. The van der Waals surface area contributed by atoms with Crippen LogP contribution in [0.2, 0.25) is 5.02 Å². The van der Waals surface area contributed by atoms with Gasteiger partial charge in [-0.15, -0.1) is 0 Å². The number of hydrogen-bond donors (Lipinski definition) is 3. The van der Waals surface area contributed by atoms with Gasteiger partial charge < -0.3 is 20.9 Å². The minimum atomic E-state index is -0.467. The molecule has 0 saturated carbocycles. The van der Waals surface area contributed by atoms with Crippen LogP contribution in [0.3, 0.4) is 0 Å². The van der Waals surface area contributed by atoms with E-state index in [1.807, 2.05) is 0 Å². The van der Waals surface area contributed by atoms with E-state index in [4.69, 9.17) is 22.1 Å². The molecule has 1 fully saturated rings. The number of rotatable bonds is 3. The molecule has 18 heavy (non-hydrogen) atoms. The first-order valence-corrected chi connectivity index (χ1v) is 6.13. The number of ether oxygens (including phenoxy) is 1. The molecule has 5 nitrogen and oxygen atoms in total. The standard InChI is InChI=1S/C12H15ClN2O3/c13-9-5-7(1-3-10(9)16)15-12(17)11-4-2-8(6-14)18-11/h1,3,5,8,11,16H,2,4,6,14H2,(H,15,17). The Morgan fingerprint density at radius 1 is 1.56 bits per heavy atom. The number of anilines is 1. The summed E-state index contributed by atoms with van der Waals surface area (Å²) in [6.07, 6.45) is 0.958. The number of nitrogens with two attached hydrogens (primary N) is 1. The molecule has 1 aliphatic heterocycles. The van der Waals surface area contributed by atoms with Crippen LogP contribution in [-0.2, 0) is 9.53 Å². The van der Waals surface area contributed by atoms with Gasteiger partial charge in [-0.25, -0.2) is 0 Å². The minimum Gasteiger partial charge on any atom is -0.506 e. The van der Waals surface area contributed by atoms with E-state index >= 15 is 0 Å². The first-order chi connectivity index (χ1) is 8.60. The summed E-state index contributed by atoms with van der Waals surface area (Å²) in [4.78, 5) is 11.9. The average Bonchev–Trinajstić information content (AvgIpc) is 2.82. The summed E-state index contributed by atoms with van der Waals surface area (Å²) in [5, 5.41) is 12.2. The summed E-state index contributed by atoms with van der Waals surface area (Å²) < 4.78 is 5.48. The maximum atomic E-state index is 11.9. The molecule has 6 heteroatoms. The Balaban J connectivity index is 1.97. The zero-order valence-corrected chi connectivity index (χ0v) is 10.5. The molecule has 1 heterocycles. The van der Waals surface area contributed by atoms with Gasteiger partial charge in [-0.3, -0.25) is 4.79 Å². The number of phenolic OH excluding ortho intramolecular Hbond substituents is 1. The maximum Gasteiger partial charge on any atom is 0.253 e. The Hall–Kier alpha value is -1.30. The van der Waals surface area contributed by atoms with Crippen LogP contribution in [-0.4, -0.2) is 29.8 Å². The smallest absolute Gasteiger partial charge is 0.253 e. The van der Waals surface area contributed by atoms with Crippen molar-refractivity contribution in [1.29, 1.82) is 0 Å². The van der Waals surface area contributed by atoms with E-state index < -0.39 is 6.10 Å². The van der Waals surface area contributed by atoms with Crippen LogP contribution in [0.15, 0.2) is 18.2 Å². The normalized spacial score (nSPS) is 23.0. The molecule has 2 rings (SSSR count). The van der Waals surface area contributed by atoms with Gasteiger partial charge in [0.15, 0.2) is 0 Å². The van der Waals surface area contributed by atoms with E-state index in [0.717, 1.165) is 6.42 Å². The molecule has 98 valence electrons. The van der Waals surface area contributed by atoms with Crippen LogP contribution in [0.1, 0.15) is 12.8 Å². The van der Waals surface area contributed by atoms with Crippen LogP contribution in [0, 0.1) is 0 Å². The number of carbonyl (C=O) groups is 1. The molecule has 1 amide bonds. The fourth-order valence-corrected chi connectivity index (χ4v) is 2.06. The number of aromatic hydroxyl groups is 1. The van der Waals surface area contributed by atoms with Gasteiger partial charge in [0.25, 0.3) is 5.91 Å². The Kier molecular flexibility index (Phi) is 4.06. The van der Waals surface area contributed by atoms with Crippen molar-refractivity contribution in [2.24, 2.45) is 5.73 Å². The highest BCUT2D eigenvalue weighted by molar-refractivity contribution is 6.32. The molecule has 0 radical (unpaired) electrons. The van der Waals surface area contributed by atoms with Crippen molar-refractivity contribution in [2.75, 3.05) is 11.9 Å². The largest absolute Gasteiger partial charge is 0.506 e. The van der Waals surface area contributed by atoms with Gasteiger partial charge in [-0.1, -0.05) is 11.6 Å². The van der Waals surface area contributed by atoms with Crippen molar-refractivity contribution < 1.29 is 14.6 Å². The van der Waals surface area contributed by atoms with Crippen LogP contribution >= 0.6 is 11.6 Å². The lowest BCUT2D eigenvalue weighted by Gasteiger charge is -2.13. The Morgan fingerprint density at radius 2 is 2.33 bits per heavy atom. The van der Waals surface area contributed by atoms with E-state index in [9.17, 15) is 9.90 Å². The highest BCUT2D eigenvalue weighted by Gasteiger charge is 2.29. The average molecular weight is 271 g/mol. The molecule has 0 aliphatic carbocycles. The number of carbonyl (C=O) groups excluding carboxylic acids is 1. The van der Waals surface area contributed by atoms with E-state index in [-0.39, 0.29) is 22.8 Å². The van der Waals surface area contributed by atoms with E-state index in [0.29, 0.717) is 18.7 Å². The fourth-order valence-electron chi connectivity index (χ4n) is 1.88. The van der Waals surface area contributed by atoms with Crippen molar-refractivity contribution in [3.8, 4) is 5.75 Å². The second-order valence-electron chi connectivity index (χ2n) is 4.22. The van der Waals surface area contributed by atoms with Crippen molar-refractivity contribution in [3.05, 3.63) is 23.2 Å². The third-order valence-corrected chi connectivity index (χ3v) is 3.18. The molecule has 0 aromatic heterocycles. The SMILES string of the molecule is NCC1CCC(C(=O)Nc2ccc(O)c(Cl)c2)O1. The second-order valence-corrected chi connectivity index (χ2v) is 4.62. The van der Waals surface area contributed by atoms with E-state index in [1.165, 1.54) is 12.1 Å². The fraction of sp³-hybridized carbons (Fsp3) is 0.417. The highest BCUT2D eigenvalue weighted by atomic mass is 35.5. The highest BCUT2D eigenvalue weighted by Crippen LogP contribution is 2.27. The summed E-state index contributed by atoms with van der Waals surface area (Å²) in [5.74, 6) is -0.234. The number of benzene rings is 1. The van der Waals surface area contributed by atoms with Gasteiger partial charge >= 0.3 is 0 Å². The van der Waals surface area contributed by atoms with Gasteiger partial charge in [0, 0.05) is 12.2 Å². The molecule has 4 N–H and O–H groups in total. The molecule has 2 unspecified atom stereocenters. The first kappa shape index (κ1) is 13.1. The van der Waals surface area contributed by atoms with Gasteiger partial charge in [-0.2, -0.15) is 0 Å². The van der Waals surface area contributed by atoms with Gasteiger partial charge in [0.2, 0.25) is 0 Å². The Labute approximate surface area is 110 Å². The predicted octanol–water partition coefficient (Wildman–Crippen LogP) is 1.49. The maximum absolute atomic E-state index is 11.9. The zero-order valence-electron chi connectivity index (χ0n) is 9.73. The quantitative estimate of drug-likeness (QED) is 0.727. The van der Waals surface area contributed by atoms with E-state index in [1.54, 1.807) is 6.07 Å². The lowest BCUT2D eigenvalue weighted by atomic mass is 10.2. The van der Waals surface area contributed by atoms with Crippen LogP contribution in [0.4, 0.5) is 5.69 Å². The van der Waals surface area contributed by atoms with Crippen molar-refractivity contribution in [3.63, 3.8) is 0 Å². The number of halogens is 1. The Bertz CT molecular complexity index is 453. The van der Waals surface area contributed by atoms with Crippen LogP contribution in [0.5, 0.6) is 5.75 Å². The summed E-state index contributed by atoms with van der Waals surface area (Å²) in [5.41, 5.74) is 6.01. The number of phenols is 1. The molecule has 1 aromatic carbocycles. The number of nitrogens with one attached hydrogen (secondary N) is 1. The molecule has 0 bridgehead atoms. The minimum absolute atomic E-state index is 0.0185. The first-order valence-electron chi connectivity index (χ1n) is 5.75. The van der Waals surface area contributed by atoms with Gasteiger partial charge in [0.1, 0.15) is 11.9 Å². The lowest BCUT2D eigenvalue weighted by Crippen LogP contribution is -2.29. The second kappa shape index (κ2) is 5.56. The third-order valence-electron chi connectivity index (χ3n) is 2.88. The van der Waals surface area contributed by atoms with E-state index in [2.05, 4.69) is 5.32 Å². The zero-order chi connectivity index (χ0) is 13.1. The van der Waals surface area contributed by atoms with Crippen molar-refractivity contribution in [1.82, 2.24) is 0 Å². The summed E-state index contributed by atoms with van der Waals surface area (Å²) >= 11 is 5.75. The van der Waals surface area contributed by atoms with Crippen molar-refractivity contribution in [2.45, 2.75) is 25.0 Å². The van der Waals surface area contributed by atoms with Gasteiger partial charge in [-0.05, 0) is 31.0 Å². The monoisotopic (exact) mass is 270 g/mol. The van der Waals surface area contributed by atoms with Crippen molar-refractivity contribution >= 4 is 23.2 Å². The van der Waals surface area contributed by atoms with Crippen LogP contribution in [0.25, 0.3) is 0 Å².